The first-order valence-corrected chi connectivity index (χ1v) is 6.53. The van der Waals surface area contributed by atoms with E-state index < -0.39 is 18.0 Å². The number of rotatable bonds is 7. The zero-order valence-electron chi connectivity index (χ0n) is 11.7. The van der Waals surface area contributed by atoms with Crippen LogP contribution in [0.5, 0.6) is 0 Å². The second-order valence-corrected chi connectivity index (χ2v) is 4.33. The van der Waals surface area contributed by atoms with Gasteiger partial charge in [0, 0.05) is 25.1 Å². The van der Waals surface area contributed by atoms with E-state index in [-0.39, 0.29) is 18.4 Å². The Morgan fingerprint density at radius 3 is 2.67 bits per heavy atom. The Balaban J connectivity index is 2.07. The van der Waals surface area contributed by atoms with Gasteiger partial charge >= 0.3 is 11.9 Å². The van der Waals surface area contributed by atoms with Gasteiger partial charge in [0.05, 0.1) is 13.7 Å². The molecule has 1 saturated heterocycles. The lowest BCUT2D eigenvalue weighted by atomic mass is 10.2. The molecule has 0 bridgehead atoms. The van der Waals surface area contributed by atoms with Gasteiger partial charge in [0.25, 0.3) is 0 Å². The normalized spacial score (nSPS) is 17.4. The quantitative estimate of drug-likeness (QED) is 0.356. The van der Waals surface area contributed by atoms with E-state index in [0.29, 0.717) is 25.8 Å². The van der Waals surface area contributed by atoms with Crippen LogP contribution in [0.4, 0.5) is 0 Å². The van der Waals surface area contributed by atoms with Crippen LogP contribution < -0.4 is 10.6 Å². The van der Waals surface area contributed by atoms with Crippen LogP contribution in [-0.4, -0.2) is 50.1 Å². The number of ether oxygens (including phenoxy) is 2. The summed E-state index contributed by atoms with van der Waals surface area (Å²) in [5.41, 5.74) is 0. The van der Waals surface area contributed by atoms with Crippen molar-refractivity contribution in [3.63, 3.8) is 0 Å². The topological polar surface area (TPSA) is 111 Å². The lowest BCUT2D eigenvalue weighted by Crippen LogP contribution is -2.42. The van der Waals surface area contributed by atoms with Crippen LogP contribution in [-0.2, 0) is 28.7 Å². The van der Waals surface area contributed by atoms with Crippen molar-refractivity contribution < 1.29 is 28.7 Å². The van der Waals surface area contributed by atoms with Crippen molar-refractivity contribution in [2.75, 3.05) is 20.3 Å². The van der Waals surface area contributed by atoms with Crippen LogP contribution in [0.15, 0.2) is 12.2 Å². The number of hydrogen-bond donors (Lipinski definition) is 2. The Bertz CT molecular complexity index is 446. The van der Waals surface area contributed by atoms with Gasteiger partial charge in [-0.1, -0.05) is 0 Å². The lowest BCUT2D eigenvalue weighted by Gasteiger charge is -2.10. The predicted octanol–water partition coefficient (Wildman–Crippen LogP) is -0.956. The Labute approximate surface area is 121 Å². The molecular formula is C13H18N2O6. The molecule has 21 heavy (non-hydrogen) atoms. The fraction of sp³-hybridized carbons (Fsp3) is 0.538. The minimum absolute atomic E-state index is 0.113. The Morgan fingerprint density at radius 1 is 1.33 bits per heavy atom. The van der Waals surface area contributed by atoms with Gasteiger partial charge in [-0.15, -0.1) is 0 Å². The van der Waals surface area contributed by atoms with E-state index in [9.17, 15) is 19.2 Å². The molecule has 0 spiro atoms. The number of methoxy groups -OCH3 is 1. The highest BCUT2D eigenvalue weighted by molar-refractivity contribution is 5.91. The number of carbonyl (C=O) groups is 4. The summed E-state index contributed by atoms with van der Waals surface area (Å²) in [4.78, 5) is 44.4. The molecular weight excluding hydrogens is 280 g/mol. The second kappa shape index (κ2) is 8.72. The molecule has 1 atom stereocenters. The molecule has 1 unspecified atom stereocenters. The minimum atomic E-state index is -0.658. The van der Waals surface area contributed by atoms with Crippen molar-refractivity contribution in [3.05, 3.63) is 12.2 Å². The third-order valence-electron chi connectivity index (χ3n) is 2.73. The third-order valence-corrected chi connectivity index (χ3v) is 2.73. The first kappa shape index (κ1) is 16.7. The maximum Gasteiger partial charge on any atom is 0.331 e. The highest BCUT2D eigenvalue weighted by Crippen LogP contribution is 2.05. The van der Waals surface area contributed by atoms with Crippen molar-refractivity contribution in [1.29, 1.82) is 0 Å². The largest absolute Gasteiger partial charge is 0.466 e. The number of amides is 2. The molecule has 2 N–H and O–H groups in total. The molecule has 8 heteroatoms. The van der Waals surface area contributed by atoms with E-state index in [1.807, 2.05) is 0 Å². The second-order valence-electron chi connectivity index (χ2n) is 4.33. The van der Waals surface area contributed by atoms with Crippen molar-refractivity contribution in [2.45, 2.75) is 25.3 Å². The molecule has 0 saturated carbocycles. The number of hydrogen-bond acceptors (Lipinski definition) is 6. The van der Waals surface area contributed by atoms with Gasteiger partial charge in [-0.2, -0.15) is 0 Å². The maximum absolute atomic E-state index is 11.6. The van der Waals surface area contributed by atoms with Gasteiger partial charge < -0.3 is 20.1 Å². The van der Waals surface area contributed by atoms with Crippen molar-refractivity contribution >= 4 is 23.8 Å². The van der Waals surface area contributed by atoms with Gasteiger partial charge in [0.1, 0.15) is 6.04 Å². The van der Waals surface area contributed by atoms with Crippen LogP contribution in [0, 0.1) is 0 Å². The van der Waals surface area contributed by atoms with E-state index >= 15 is 0 Å². The van der Waals surface area contributed by atoms with E-state index in [0.717, 1.165) is 12.2 Å². The monoisotopic (exact) mass is 298 g/mol. The molecule has 0 aromatic rings. The summed E-state index contributed by atoms with van der Waals surface area (Å²) in [6.07, 6.45) is 3.23. The lowest BCUT2D eigenvalue weighted by molar-refractivity contribution is -0.139. The number of nitrogens with one attached hydrogen (secondary N) is 2. The summed E-state index contributed by atoms with van der Waals surface area (Å²) < 4.78 is 9.12. The Hall–Kier alpha value is -2.38. The molecule has 116 valence electrons. The summed E-state index contributed by atoms with van der Waals surface area (Å²) >= 11 is 0. The molecule has 1 heterocycles. The van der Waals surface area contributed by atoms with Crippen LogP contribution in [0.1, 0.15) is 19.3 Å². The fourth-order valence-corrected chi connectivity index (χ4v) is 1.64. The van der Waals surface area contributed by atoms with Crippen LogP contribution in [0.2, 0.25) is 0 Å². The van der Waals surface area contributed by atoms with Crippen molar-refractivity contribution in [3.8, 4) is 0 Å². The molecule has 1 aliphatic heterocycles. The SMILES string of the molecule is COC(=O)/C=C/C(=O)OCCCNC(=O)C1CCC(=O)N1. The van der Waals surface area contributed by atoms with Gasteiger partial charge in [0.2, 0.25) is 11.8 Å². The predicted molar refractivity (Wildman–Crippen MR) is 70.9 cm³/mol. The molecule has 0 aromatic heterocycles. The minimum Gasteiger partial charge on any atom is -0.466 e. The first-order chi connectivity index (χ1) is 10.0. The van der Waals surface area contributed by atoms with Gasteiger partial charge in [0.15, 0.2) is 0 Å². The number of esters is 2. The summed E-state index contributed by atoms with van der Waals surface area (Å²) in [6, 6.07) is -0.469. The third kappa shape index (κ3) is 6.55. The van der Waals surface area contributed by atoms with Gasteiger partial charge in [-0.3, -0.25) is 9.59 Å². The smallest absolute Gasteiger partial charge is 0.331 e. The highest BCUT2D eigenvalue weighted by Gasteiger charge is 2.26. The Morgan fingerprint density at radius 2 is 2.05 bits per heavy atom. The highest BCUT2D eigenvalue weighted by atomic mass is 16.5. The average Bonchev–Trinajstić information content (AvgIpc) is 2.90. The Kier molecular flexibility index (Phi) is 6.93. The molecule has 0 aromatic carbocycles. The first-order valence-electron chi connectivity index (χ1n) is 6.53. The zero-order valence-corrected chi connectivity index (χ0v) is 11.7. The maximum atomic E-state index is 11.6. The fourth-order valence-electron chi connectivity index (χ4n) is 1.64. The zero-order chi connectivity index (χ0) is 15.7. The van der Waals surface area contributed by atoms with Crippen LogP contribution in [0.25, 0.3) is 0 Å². The number of carbonyl (C=O) groups excluding carboxylic acids is 4. The summed E-state index contributed by atoms with van der Waals surface area (Å²) in [6.45, 7) is 0.445. The summed E-state index contributed by atoms with van der Waals surface area (Å²) in [7, 11) is 1.20. The average molecular weight is 298 g/mol. The van der Waals surface area contributed by atoms with Crippen LogP contribution >= 0.6 is 0 Å². The molecule has 0 radical (unpaired) electrons. The molecule has 1 fully saturated rings. The van der Waals surface area contributed by atoms with E-state index in [4.69, 9.17) is 4.74 Å². The van der Waals surface area contributed by atoms with Crippen molar-refractivity contribution in [2.24, 2.45) is 0 Å². The molecule has 8 nitrogen and oxygen atoms in total. The van der Waals surface area contributed by atoms with E-state index in [1.54, 1.807) is 0 Å². The van der Waals surface area contributed by atoms with Gasteiger partial charge in [-0.25, -0.2) is 9.59 Å². The van der Waals surface area contributed by atoms with E-state index in [1.165, 1.54) is 7.11 Å². The molecule has 0 aliphatic carbocycles. The van der Waals surface area contributed by atoms with E-state index in [2.05, 4.69) is 15.4 Å². The summed E-state index contributed by atoms with van der Waals surface area (Å²) in [5, 5.41) is 5.20. The summed E-state index contributed by atoms with van der Waals surface area (Å²) in [5.74, 6) is -1.66. The molecule has 1 rings (SSSR count). The standard InChI is InChI=1S/C13H18N2O6/c1-20-11(17)5-6-12(18)21-8-2-7-14-13(19)9-3-4-10(16)15-9/h5-6,9H,2-4,7-8H2,1H3,(H,14,19)(H,15,16)/b6-5+. The molecule has 2 amide bonds. The van der Waals surface area contributed by atoms with Crippen LogP contribution in [0.3, 0.4) is 0 Å². The molecule has 1 aliphatic rings. The van der Waals surface area contributed by atoms with Crippen molar-refractivity contribution in [1.82, 2.24) is 10.6 Å². The van der Waals surface area contributed by atoms with Gasteiger partial charge in [-0.05, 0) is 12.8 Å².